The second-order valence-electron chi connectivity index (χ2n) is 8.03. The van der Waals surface area contributed by atoms with Crippen LogP contribution < -0.4 is 15.6 Å². The first-order valence-corrected chi connectivity index (χ1v) is 10.7. The molecule has 0 saturated carbocycles. The van der Waals surface area contributed by atoms with Gasteiger partial charge in [-0.15, -0.1) is 0 Å². The Bertz CT molecular complexity index is 1360. The number of ether oxygens (including phenoxy) is 1. The highest BCUT2D eigenvalue weighted by atomic mass is 19.1. The smallest absolute Gasteiger partial charge is 0.254 e. The molecule has 4 rings (SSSR count). The number of benzene rings is 3. The Kier molecular flexibility index (Phi) is 6.54. The molecule has 0 aliphatic rings. The number of hydrogen-bond donors (Lipinski definition) is 1. The van der Waals surface area contributed by atoms with E-state index in [4.69, 9.17) is 4.74 Å². The minimum Gasteiger partial charge on any atom is -0.497 e. The lowest BCUT2D eigenvalue weighted by molar-refractivity contribution is -0.116. The third-order valence-corrected chi connectivity index (χ3v) is 5.59. The van der Waals surface area contributed by atoms with Gasteiger partial charge in [0.05, 0.1) is 12.6 Å². The summed E-state index contributed by atoms with van der Waals surface area (Å²) < 4.78 is 20.3. The summed E-state index contributed by atoms with van der Waals surface area (Å²) in [5.41, 5.74) is 3.68. The van der Waals surface area contributed by atoms with E-state index in [1.165, 1.54) is 28.3 Å². The maximum Gasteiger partial charge on any atom is 0.254 e. The minimum atomic E-state index is -0.446. The molecular formula is C27H25FN2O3. The number of aromatic nitrogens is 1. The quantitative estimate of drug-likeness (QED) is 0.442. The van der Waals surface area contributed by atoms with Crippen LogP contribution in [0.1, 0.15) is 16.7 Å². The summed E-state index contributed by atoms with van der Waals surface area (Å²) in [7, 11) is 1.55. The van der Waals surface area contributed by atoms with Crippen molar-refractivity contribution in [2.45, 2.75) is 26.3 Å². The van der Waals surface area contributed by atoms with Gasteiger partial charge in [0.2, 0.25) is 5.91 Å². The number of anilines is 1. The molecule has 0 saturated heterocycles. The first-order valence-electron chi connectivity index (χ1n) is 10.7. The second kappa shape index (κ2) is 9.69. The largest absolute Gasteiger partial charge is 0.497 e. The maximum atomic E-state index is 13.5. The van der Waals surface area contributed by atoms with Gasteiger partial charge in [0.25, 0.3) is 5.56 Å². The molecule has 1 aromatic heterocycles. The van der Waals surface area contributed by atoms with Gasteiger partial charge in [0.15, 0.2) is 0 Å². The molecule has 0 unspecified atom stereocenters. The highest BCUT2D eigenvalue weighted by Crippen LogP contribution is 2.21. The molecule has 0 bridgehead atoms. The van der Waals surface area contributed by atoms with Gasteiger partial charge in [0.1, 0.15) is 18.1 Å². The van der Waals surface area contributed by atoms with Gasteiger partial charge in [-0.3, -0.25) is 14.2 Å². The third kappa shape index (κ3) is 5.29. The van der Waals surface area contributed by atoms with Gasteiger partial charge in [-0.1, -0.05) is 35.9 Å². The van der Waals surface area contributed by atoms with Crippen molar-refractivity contribution >= 4 is 22.5 Å². The van der Waals surface area contributed by atoms with Crippen LogP contribution in [-0.2, 0) is 24.2 Å². The first kappa shape index (κ1) is 22.3. The zero-order valence-electron chi connectivity index (χ0n) is 18.6. The standard InChI is InChI=1S/C27H25FN2O3/c1-18-6-8-19(9-7-18)10-11-21-14-20-12-13-24(33-2)16-25(20)30(27(21)32)17-26(31)29-23-5-3-4-22(28)15-23/h3-9,12-16H,10-11,17H2,1-2H3,(H,29,31). The predicted molar refractivity (Wildman–Crippen MR) is 128 cm³/mol. The number of nitrogens with zero attached hydrogens (tertiary/aromatic N) is 1. The number of methoxy groups -OCH3 is 1. The summed E-state index contributed by atoms with van der Waals surface area (Å²) >= 11 is 0. The molecule has 0 atom stereocenters. The fourth-order valence-electron chi connectivity index (χ4n) is 3.82. The number of aryl methyl sites for hydroxylation is 3. The summed E-state index contributed by atoms with van der Waals surface area (Å²) in [6, 6.07) is 21.2. The van der Waals surface area contributed by atoms with Crippen molar-refractivity contribution in [2.24, 2.45) is 0 Å². The van der Waals surface area contributed by atoms with E-state index in [1.54, 1.807) is 19.2 Å². The topological polar surface area (TPSA) is 60.3 Å². The van der Waals surface area contributed by atoms with Crippen molar-refractivity contribution in [2.75, 3.05) is 12.4 Å². The van der Waals surface area contributed by atoms with Crippen LogP contribution in [0.5, 0.6) is 5.75 Å². The number of pyridine rings is 1. The molecule has 5 nitrogen and oxygen atoms in total. The number of carbonyl (C=O) groups excluding carboxylic acids is 1. The Balaban J connectivity index is 1.67. The van der Waals surface area contributed by atoms with Crippen LogP contribution in [-0.4, -0.2) is 17.6 Å². The minimum absolute atomic E-state index is 0.197. The Morgan fingerprint density at radius 1 is 1.00 bits per heavy atom. The Morgan fingerprint density at radius 2 is 1.79 bits per heavy atom. The Labute approximate surface area is 191 Å². The number of rotatable bonds is 7. The van der Waals surface area contributed by atoms with E-state index in [0.717, 1.165) is 10.9 Å². The fraction of sp³-hybridized carbons (Fsp3) is 0.185. The second-order valence-corrected chi connectivity index (χ2v) is 8.03. The average molecular weight is 445 g/mol. The summed E-state index contributed by atoms with van der Waals surface area (Å²) in [5, 5.41) is 3.51. The maximum absolute atomic E-state index is 13.5. The number of carbonyl (C=O) groups is 1. The molecule has 1 N–H and O–H groups in total. The zero-order valence-corrected chi connectivity index (χ0v) is 18.6. The molecular weight excluding hydrogens is 419 g/mol. The normalized spacial score (nSPS) is 10.9. The van der Waals surface area contributed by atoms with Crippen LogP contribution in [0.2, 0.25) is 0 Å². The lowest BCUT2D eigenvalue weighted by atomic mass is 10.0. The molecule has 1 amide bonds. The summed E-state index contributed by atoms with van der Waals surface area (Å²) in [5.74, 6) is -0.269. The molecule has 6 heteroatoms. The highest BCUT2D eigenvalue weighted by molar-refractivity contribution is 5.92. The fourth-order valence-corrected chi connectivity index (χ4v) is 3.82. The zero-order chi connectivity index (χ0) is 23.4. The van der Waals surface area contributed by atoms with Crippen LogP contribution in [0.15, 0.2) is 77.6 Å². The van der Waals surface area contributed by atoms with E-state index in [1.807, 2.05) is 25.1 Å². The Hall–Kier alpha value is -3.93. The van der Waals surface area contributed by atoms with Crippen LogP contribution >= 0.6 is 0 Å². The van der Waals surface area contributed by atoms with Crippen molar-refractivity contribution < 1.29 is 13.9 Å². The van der Waals surface area contributed by atoms with E-state index in [2.05, 4.69) is 29.6 Å². The molecule has 4 aromatic rings. The number of hydrogen-bond acceptors (Lipinski definition) is 3. The van der Waals surface area contributed by atoms with E-state index in [9.17, 15) is 14.0 Å². The van der Waals surface area contributed by atoms with Crippen LogP contribution in [0.4, 0.5) is 10.1 Å². The van der Waals surface area contributed by atoms with E-state index in [0.29, 0.717) is 35.4 Å². The van der Waals surface area contributed by atoms with Gasteiger partial charge in [-0.2, -0.15) is 0 Å². The first-order chi connectivity index (χ1) is 15.9. The van der Waals surface area contributed by atoms with Gasteiger partial charge in [-0.05, 0) is 67.1 Å². The number of nitrogens with one attached hydrogen (secondary N) is 1. The summed E-state index contributed by atoms with van der Waals surface area (Å²) in [4.78, 5) is 26.1. The lowest BCUT2D eigenvalue weighted by Crippen LogP contribution is -2.30. The molecule has 0 aliphatic carbocycles. The van der Waals surface area contributed by atoms with E-state index >= 15 is 0 Å². The van der Waals surface area contributed by atoms with Crippen molar-refractivity contribution in [3.63, 3.8) is 0 Å². The van der Waals surface area contributed by atoms with Crippen LogP contribution in [0, 0.1) is 12.7 Å². The molecule has 3 aromatic carbocycles. The molecule has 168 valence electrons. The van der Waals surface area contributed by atoms with Gasteiger partial charge in [-0.25, -0.2) is 4.39 Å². The predicted octanol–water partition coefficient (Wildman–Crippen LogP) is 4.88. The lowest BCUT2D eigenvalue weighted by Gasteiger charge is -2.14. The molecule has 0 radical (unpaired) electrons. The molecule has 0 spiro atoms. The van der Waals surface area contributed by atoms with Crippen molar-refractivity contribution in [1.82, 2.24) is 4.57 Å². The van der Waals surface area contributed by atoms with Crippen molar-refractivity contribution in [3.05, 3.63) is 106 Å². The SMILES string of the molecule is COc1ccc2cc(CCc3ccc(C)cc3)c(=O)n(CC(=O)Nc3cccc(F)c3)c2c1. The number of fused-ring (bicyclic) bond motifs is 1. The molecule has 1 heterocycles. The van der Waals surface area contributed by atoms with Gasteiger partial charge in [0, 0.05) is 17.3 Å². The van der Waals surface area contributed by atoms with E-state index < -0.39 is 11.7 Å². The number of halogens is 1. The summed E-state index contributed by atoms with van der Waals surface area (Å²) in [6.45, 7) is 1.84. The third-order valence-electron chi connectivity index (χ3n) is 5.59. The highest BCUT2D eigenvalue weighted by Gasteiger charge is 2.14. The Morgan fingerprint density at radius 3 is 2.52 bits per heavy atom. The molecule has 0 aliphatic heterocycles. The van der Waals surface area contributed by atoms with E-state index in [-0.39, 0.29) is 12.1 Å². The number of amides is 1. The van der Waals surface area contributed by atoms with Gasteiger partial charge < -0.3 is 10.1 Å². The van der Waals surface area contributed by atoms with Crippen molar-refractivity contribution in [1.29, 1.82) is 0 Å². The van der Waals surface area contributed by atoms with Crippen LogP contribution in [0.25, 0.3) is 10.9 Å². The molecule has 0 fully saturated rings. The average Bonchev–Trinajstić information content (AvgIpc) is 2.80. The summed E-state index contributed by atoms with van der Waals surface area (Å²) in [6.07, 6.45) is 1.27. The van der Waals surface area contributed by atoms with Gasteiger partial charge >= 0.3 is 0 Å². The molecule has 33 heavy (non-hydrogen) atoms. The van der Waals surface area contributed by atoms with Crippen LogP contribution in [0.3, 0.4) is 0 Å². The van der Waals surface area contributed by atoms with Crippen molar-refractivity contribution in [3.8, 4) is 5.75 Å². The monoisotopic (exact) mass is 444 g/mol.